The van der Waals surface area contributed by atoms with Crippen LogP contribution in [0.1, 0.15) is 12.5 Å². The molecular formula is C12H13BrO3. The highest BCUT2D eigenvalue weighted by molar-refractivity contribution is 9.10. The zero-order valence-corrected chi connectivity index (χ0v) is 10.8. The third-order valence-electron chi connectivity index (χ3n) is 1.89. The first-order valence-corrected chi connectivity index (χ1v) is 5.65. The highest BCUT2D eigenvalue weighted by Crippen LogP contribution is 2.23. The van der Waals surface area contributed by atoms with Crippen molar-refractivity contribution in [2.45, 2.75) is 6.92 Å². The van der Waals surface area contributed by atoms with E-state index in [1.165, 1.54) is 6.08 Å². The Morgan fingerprint density at radius 3 is 2.88 bits per heavy atom. The molecule has 0 bridgehead atoms. The first kappa shape index (κ1) is 12.8. The molecule has 0 radical (unpaired) electrons. The molecule has 0 atom stereocenters. The Labute approximate surface area is 103 Å². The molecule has 0 fully saturated rings. The van der Waals surface area contributed by atoms with Crippen LogP contribution in [0.5, 0.6) is 5.75 Å². The molecule has 0 unspecified atom stereocenters. The molecule has 4 heteroatoms. The van der Waals surface area contributed by atoms with E-state index in [2.05, 4.69) is 15.9 Å². The molecule has 0 saturated heterocycles. The van der Waals surface area contributed by atoms with E-state index in [1.807, 2.05) is 18.2 Å². The van der Waals surface area contributed by atoms with E-state index in [0.717, 1.165) is 15.8 Å². The Morgan fingerprint density at radius 1 is 1.50 bits per heavy atom. The highest BCUT2D eigenvalue weighted by Gasteiger charge is 2.00. The van der Waals surface area contributed by atoms with Gasteiger partial charge in [-0.1, -0.05) is 15.9 Å². The van der Waals surface area contributed by atoms with E-state index in [9.17, 15) is 4.79 Å². The molecule has 0 spiro atoms. The number of ether oxygens (including phenoxy) is 2. The Bertz CT molecular complexity index is 399. The lowest BCUT2D eigenvalue weighted by Crippen LogP contribution is -1.98. The summed E-state index contributed by atoms with van der Waals surface area (Å²) in [6, 6.07) is 5.54. The highest BCUT2D eigenvalue weighted by atomic mass is 79.9. The van der Waals surface area contributed by atoms with Crippen molar-refractivity contribution in [1.82, 2.24) is 0 Å². The van der Waals surface area contributed by atoms with Gasteiger partial charge in [0.05, 0.1) is 13.7 Å². The van der Waals surface area contributed by atoms with Gasteiger partial charge in [0, 0.05) is 10.5 Å². The second kappa shape index (κ2) is 6.33. The van der Waals surface area contributed by atoms with Crippen molar-refractivity contribution in [3.63, 3.8) is 0 Å². The van der Waals surface area contributed by atoms with Gasteiger partial charge in [-0.3, -0.25) is 0 Å². The standard InChI is InChI=1S/C12H13BrO3/c1-3-16-12(14)7-4-9-8-10(15-2)5-6-11(9)13/h4-8H,3H2,1-2H3/b7-4+. The van der Waals surface area contributed by atoms with Crippen LogP contribution in [0.4, 0.5) is 0 Å². The average molecular weight is 285 g/mol. The van der Waals surface area contributed by atoms with Crippen molar-refractivity contribution in [3.8, 4) is 5.75 Å². The van der Waals surface area contributed by atoms with Gasteiger partial charge in [-0.25, -0.2) is 4.79 Å². The lowest BCUT2D eigenvalue weighted by Gasteiger charge is -2.03. The number of hydrogen-bond donors (Lipinski definition) is 0. The number of benzene rings is 1. The zero-order chi connectivity index (χ0) is 12.0. The SMILES string of the molecule is CCOC(=O)/C=C/c1cc(OC)ccc1Br. The minimum Gasteiger partial charge on any atom is -0.497 e. The van der Waals surface area contributed by atoms with Gasteiger partial charge >= 0.3 is 5.97 Å². The van der Waals surface area contributed by atoms with Crippen molar-refractivity contribution in [2.75, 3.05) is 13.7 Å². The molecule has 0 N–H and O–H groups in total. The van der Waals surface area contributed by atoms with Gasteiger partial charge in [0.25, 0.3) is 0 Å². The lowest BCUT2D eigenvalue weighted by molar-refractivity contribution is -0.137. The van der Waals surface area contributed by atoms with Gasteiger partial charge in [0.2, 0.25) is 0 Å². The number of methoxy groups -OCH3 is 1. The summed E-state index contributed by atoms with van der Waals surface area (Å²) >= 11 is 3.39. The van der Waals surface area contributed by atoms with Crippen molar-refractivity contribution in [1.29, 1.82) is 0 Å². The smallest absolute Gasteiger partial charge is 0.330 e. The largest absolute Gasteiger partial charge is 0.497 e. The molecule has 0 aromatic heterocycles. The predicted octanol–water partition coefficient (Wildman–Crippen LogP) is 3.03. The van der Waals surface area contributed by atoms with E-state index in [1.54, 1.807) is 20.1 Å². The third-order valence-corrected chi connectivity index (χ3v) is 2.61. The Balaban J connectivity index is 2.83. The molecule has 1 rings (SSSR count). The molecule has 0 aliphatic carbocycles. The van der Waals surface area contributed by atoms with Crippen LogP contribution in [-0.4, -0.2) is 19.7 Å². The van der Waals surface area contributed by atoms with Crippen LogP contribution in [0.15, 0.2) is 28.7 Å². The van der Waals surface area contributed by atoms with Gasteiger partial charge in [-0.2, -0.15) is 0 Å². The normalized spacial score (nSPS) is 10.4. The number of carbonyl (C=O) groups is 1. The fourth-order valence-electron chi connectivity index (χ4n) is 1.12. The molecule has 0 aliphatic heterocycles. The van der Waals surface area contributed by atoms with E-state index in [-0.39, 0.29) is 5.97 Å². The van der Waals surface area contributed by atoms with Gasteiger partial charge in [0.1, 0.15) is 5.75 Å². The van der Waals surface area contributed by atoms with Crippen molar-refractivity contribution in [3.05, 3.63) is 34.3 Å². The van der Waals surface area contributed by atoms with Crippen LogP contribution in [-0.2, 0) is 9.53 Å². The molecule has 16 heavy (non-hydrogen) atoms. The molecule has 86 valence electrons. The first-order valence-electron chi connectivity index (χ1n) is 4.85. The van der Waals surface area contributed by atoms with Crippen LogP contribution in [0, 0.1) is 0 Å². The van der Waals surface area contributed by atoms with Crippen LogP contribution >= 0.6 is 15.9 Å². The monoisotopic (exact) mass is 284 g/mol. The summed E-state index contributed by atoms with van der Waals surface area (Å²) in [6.45, 7) is 2.15. The molecular weight excluding hydrogens is 272 g/mol. The summed E-state index contributed by atoms with van der Waals surface area (Å²) in [6.07, 6.45) is 3.08. The zero-order valence-electron chi connectivity index (χ0n) is 9.20. The summed E-state index contributed by atoms with van der Waals surface area (Å²) in [7, 11) is 1.60. The first-order chi connectivity index (χ1) is 7.67. The molecule has 0 aliphatic rings. The molecule has 1 aromatic carbocycles. The molecule has 3 nitrogen and oxygen atoms in total. The number of rotatable bonds is 4. The van der Waals surface area contributed by atoms with Crippen LogP contribution in [0.3, 0.4) is 0 Å². The minimum atomic E-state index is -0.350. The maximum absolute atomic E-state index is 11.1. The summed E-state index contributed by atoms with van der Waals surface area (Å²) in [5.74, 6) is 0.393. The Hall–Kier alpha value is -1.29. The predicted molar refractivity (Wildman–Crippen MR) is 66.4 cm³/mol. The second-order valence-corrected chi connectivity index (χ2v) is 3.83. The van der Waals surface area contributed by atoms with Crippen molar-refractivity contribution < 1.29 is 14.3 Å². The molecule has 0 saturated carbocycles. The van der Waals surface area contributed by atoms with Gasteiger partial charge < -0.3 is 9.47 Å². The van der Waals surface area contributed by atoms with Gasteiger partial charge in [0.15, 0.2) is 0 Å². The van der Waals surface area contributed by atoms with Crippen molar-refractivity contribution >= 4 is 28.0 Å². The van der Waals surface area contributed by atoms with Crippen molar-refractivity contribution in [2.24, 2.45) is 0 Å². The quantitative estimate of drug-likeness (QED) is 0.630. The topological polar surface area (TPSA) is 35.5 Å². The number of hydrogen-bond acceptors (Lipinski definition) is 3. The Morgan fingerprint density at radius 2 is 2.25 bits per heavy atom. The average Bonchev–Trinajstić information content (AvgIpc) is 2.28. The van der Waals surface area contributed by atoms with Crippen LogP contribution in [0.25, 0.3) is 6.08 Å². The second-order valence-electron chi connectivity index (χ2n) is 2.97. The molecule has 0 heterocycles. The summed E-state index contributed by atoms with van der Waals surface area (Å²) in [5.41, 5.74) is 0.868. The number of halogens is 1. The van der Waals surface area contributed by atoms with E-state index >= 15 is 0 Å². The van der Waals surface area contributed by atoms with E-state index in [0.29, 0.717) is 6.61 Å². The van der Waals surface area contributed by atoms with Gasteiger partial charge in [-0.05, 0) is 36.8 Å². The summed E-state index contributed by atoms with van der Waals surface area (Å²) in [5, 5.41) is 0. The lowest BCUT2D eigenvalue weighted by atomic mass is 10.2. The molecule has 1 aromatic rings. The number of carbonyl (C=O) groups excluding carboxylic acids is 1. The van der Waals surface area contributed by atoms with Gasteiger partial charge in [-0.15, -0.1) is 0 Å². The Kier molecular flexibility index (Phi) is 5.05. The van der Waals surface area contributed by atoms with E-state index in [4.69, 9.17) is 9.47 Å². The molecule has 0 amide bonds. The van der Waals surface area contributed by atoms with Crippen LogP contribution in [0.2, 0.25) is 0 Å². The summed E-state index contributed by atoms with van der Waals surface area (Å²) < 4.78 is 10.8. The minimum absolute atomic E-state index is 0.350. The maximum Gasteiger partial charge on any atom is 0.330 e. The van der Waals surface area contributed by atoms with Crippen LogP contribution < -0.4 is 4.74 Å². The summed E-state index contributed by atoms with van der Waals surface area (Å²) in [4.78, 5) is 11.1. The number of esters is 1. The fourth-order valence-corrected chi connectivity index (χ4v) is 1.50. The third kappa shape index (κ3) is 3.70. The van der Waals surface area contributed by atoms with E-state index < -0.39 is 0 Å². The fraction of sp³-hybridized carbons (Fsp3) is 0.250. The maximum atomic E-state index is 11.1.